The number of carbonyl (C=O) groups is 6. The molecular weight excluding hydrogens is 929 g/mol. The number of carboxylic acid groups (broad SMARTS) is 2. The van der Waals surface area contributed by atoms with Crippen molar-refractivity contribution in [1.29, 1.82) is 0 Å². The molecule has 2 spiro atoms. The van der Waals surface area contributed by atoms with Crippen LogP contribution in [0.1, 0.15) is 185 Å². The van der Waals surface area contributed by atoms with E-state index in [4.69, 9.17) is 38.5 Å². The van der Waals surface area contributed by atoms with Gasteiger partial charge in [0, 0.05) is 88.9 Å². The zero-order valence-corrected chi connectivity index (χ0v) is 44.6. The van der Waals surface area contributed by atoms with Crippen molar-refractivity contribution in [2.45, 2.75) is 221 Å². The van der Waals surface area contributed by atoms with E-state index < -0.39 is 46.6 Å². The average molecular weight is 1010 g/mol. The molecule has 16 heteroatoms. The quantitative estimate of drug-likeness (QED) is 0.106. The van der Waals surface area contributed by atoms with E-state index in [0.717, 1.165) is 25.7 Å². The summed E-state index contributed by atoms with van der Waals surface area (Å²) >= 11 is 0. The summed E-state index contributed by atoms with van der Waals surface area (Å²) in [5, 5.41) is 19.1. The molecule has 0 aromatic rings. The third kappa shape index (κ3) is 9.00. The predicted molar refractivity (Wildman–Crippen MR) is 256 cm³/mol. The van der Waals surface area contributed by atoms with Crippen molar-refractivity contribution in [1.82, 2.24) is 0 Å². The lowest BCUT2D eigenvalue weighted by atomic mass is 9.42. The summed E-state index contributed by atoms with van der Waals surface area (Å²) < 4.78 is 25.3. The topological polar surface area (TPSA) is 217 Å². The van der Waals surface area contributed by atoms with E-state index in [-0.39, 0.29) is 131 Å². The first kappa shape index (κ1) is 53.5. The molecule has 0 bridgehead atoms. The third-order valence-corrected chi connectivity index (χ3v) is 22.6. The van der Waals surface area contributed by atoms with Crippen molar-refractivity contribution in [2.75, 3.05) is 0 Å². The lowest BCUT2D eigenvalue weighted by Crippen LogP contribution is -2.66. The summed E-state index contributed by atoms with van der Waals surface area (Å²) in [6.07, 6.45) is 8.87. The van der Waals surface area contributed by atoms with Gasteiger partial charge in [0.15, 0.2) is 0 Å². The second kappa shape index (κ2) is 19.3. The first-order valence-electron chi connectivity index (χ1n) is 27.6. The smallest absolute Gasteiger partial charge is 0.303 e. The minimum absolute atomic E-state index is 0.0220. The number of ether oxygens (including phenoxy) is 4. The first-order chi connectivity index (χ1) is 33.8. The molecule has 1 saturated heterocycles. The van der Waals surface area contributed by atoms with Crippen LogP contribution < -0.4 is 0 Å². The zero-order chi connectivity index (χ0) is 52.1. The molecule has 20 atom stereocenters. The number of carboxylic acids is 2. The molecule has 72 heavy (non-hydrogen) atoms. The number of esters is 4. The van der Waals surface area contributed by atoms with Gasteiger partial charge < -0.3 is 29.2 Å². The fourth-order valence-corrected chi connectivity index (χ4v) is 19.3. The van der Waals surface area contributed by atoms with Crippen LogP contribution in [-0.2, 0) is 67.3 Å². The van der Waals surface area contributed by atoms with Crippen LogP contribution in [-0.4, -0.2) is 82.0 Å². The number of aliphatic carboxylic acids is 2. The van der Waals surface area contributed by atoms with E-state index in [2.05, 4.69) is 41.5 Å². The van der Waals surface area contributed by atoms with Crippen molar-refractivity contribution in [2.24, 2.45) is 92.7 Å². The molecule has 9 fully saturated rings. The molecule has 2 N–H and O–H groups in total. The van der Waals surface area contributed by atoms with Crippen LogP contribution in [0.15, 0.2) is 0 Å². The van der Waals surface area contributed by atoms with Gasteiger partial charge in [0.05, 0.1) is 0 Å². The minimum atomic E-state index is -1.22. The van der Waals surface area contributed by atoms with Crippen LogP contribution >= 0.6 is 0 Å². The first-order valence-corrected chi connectivity index (χ1v) is 27.6. The van der Waals surface area contributed by atoms with Gasteiger partial charge in [-0.15, -0.1) is 0 Å². The number of fused-ring (bicyclic) bond motifs is 10. The Morgan fingerprint density at radius 2 is 0.847 bits per heavy atom. The van der Waals surface area contributed by atoms with Crippen LogP contribution in [0.2, 0.25) is 0 Å². The maximum absolute atomic E-state index is 13.0. The van der Waals surface area contributed by atoms with Gasteiger partial charge in [-0.05, 0) is 147 Å². The normalized spacial score (nSPS) is 47.8. The SMILES string of the molecule is CC(=O)O[C@H]1C[C@H]2[C@@H]([C@H](OC(C)=O)C[C@@H]3CC4(CC[C@@]32C)OOC2(CC[C@@]3(C)[C@H](C[C@@H](OC(C)=O)[C@@H]5[C@@H]3C[C@H](OC(C)=O)[C@]3(C)[C@@H]([C@H](C)CCC(=O)O)CC[C@@H]53)C2)OO4)[C@@H]2CC[C@H]([C@H](C)CCC(=O)O)[C@@]12C. The summed E-state index contributed by atoms with van der Waals surface area (Å²) in [4.78, 5) is 101. The molecule has 1 aliphatic heterocycles. The highest BCUT2D eigenvalue weighted by Gasteiger charge is 2.72. The fraction of sp³-hybridized carbons (Fsp3) is 0.893. The molecular formula is C56H84O16. The van der Waals surface area contributed by atoms with E-state index in [1.165, 1.54) is 27.7 Å². The lowest BCUT2D eigenvalue weighted by molar-refractivity contribution is -0.667. The Kier molecular flexibility index (Phi) is 14.4. The van der Waals surface area contributed by atoms with Crippen LogP contribution in [0.3, 0.4) is 0 Å². The van der Waals surface area contributed by atoms with Crippen molar-refractivity contribution in [3.63, 3.8) is 0 Å². The Labute approximate surface area is 425 Å². The number of rotatable bonds is 12. The Morgan fingerprint density at radius 1 is 0.500 bits per heavy atom. The average Bonchev–Trinajstić information content (AvgIpc) is 3.85. The van der Waals surface area contributed by atoms with Crippen LogP contribution in [0.4, 0.5) is 0 Å². The summed E-state index contributed by atoms with van der Waals surface area (Å²) in [6.45, 7) is 19.2. The van der Waals surface area contributed by atoms with Gasteiger partial charge in [0.25, 0.3) is 0 Å². The largest absolute Gasteiger partial charge is 0.481 e. The van der Waals surface area contributed by atoms with E-state index in [0.29, 0.717) is 77.0 Å². The van der Waals surface area contributed by atoms with E-state index >= 15 is 0 Å². The summed E-state index contributed by atoms with van der Waals surface area (Å²) in [5.41, 5.74) is -1.36. The highest BCUT2D eigenvalue weighted by atomic mass is 17.4. The maximum atomic E-state index is 13.0. The van der Waals surface area contributed by atoms with Crippen molar-refractivity contribution >= 4 is 35.8 Å². The molecule has 0 unspecified atom stereocenters. The van der Waals surface area contributed by atoms with Gasteiger partial charge in [-0.3, -0.25) is 28.8 Å². The second-order valence-electron chi connectivity index (χ2n) is 25.9. The molecule has 404 valence electrons. The van der Waals surface area contributed by atoms with Gasteiger partial charge in [0.2, 0.25) is 11.6 Å². The Bertz CT molecular complexity index is 1970. The minimum Gasteiger partial charge on any atom is -0.481 e. The van der Waals surface area contributed by atoms with E-state index in [1.54, 1.807) is 0 Å². The molecule has 9 rings (SSSR count). The molecule has 1 heterocycles. The molecule has 9 aliphatic rings. The maximum Gasteiger partial charge on any atom is 0.303 e. The van der Waals surface area contributed by atoms with Gasteiger partial charge >= 0.3 is 35.8 Å². The van der Waals surface area contributed by atoms with Crippen LogP contribution in [0.25, 0.3) is 0 Å². The van der Waals surface area contributed by atoms with Gasteiger partial charge in [-0.2, -0.15) is 19.6 Å². The molecule has 0 radical (unpaired) electrons. The van der Waals surface area contributed by atoms with Crippen LogP contribution in [0, 0.1) is 92.7 Å². The van der Waals surface area contributed by atoms with Crippen LogP contribution in [0.5, 0.6) is 0 Å². The molecule has 0 aromatic carbocycles. The molecule has 0 amide bonds. The number of hydrogen-bond acceptors (Lipinski definition) is 14. The molecule has 8 saturated carbocycles. The summed E-state index contributed by atoms with van der Waals surface area (Å²) in [6, 6.07) is 0. The van der Waals surface area contributed by atoms with Crippen molar-refractivity contribution in [3.8, 4) is 0 Å². The molecule has 16 nitrogen and oxygen atoms in total. The lowest BCUT2D eigenvalue weighted by Gasteiger charge is -2.66. The third-order valence-electron chi connectivity index (χ3n) is 22.6. The summed E-state index contributed by atoms with van der Waals surface area (Å²) in [7, 11) is 0. The second-order valence-corrected chi connectivity index (χ2v) is 25.9. The van der Waals surface area contributed by atoms with Gasteiger partial charge in [0.1, 0.15) is 24.4 Å². The standard InChI is InChI=1S/C56H84O16/c1-29(11-17-47(61)62)37-13-15-39-49-41(25-45(53(37,39)9)67-33(5)59)51(7)19-21-55(27-35(51)23-43(49)65-31(3)57)69-71-56(72-70-55)22-20-52(8)36(28-56)24-44(66-32(4)58)50-40-16-14-38(30(2)12-18-48(63)64)54(40,10)46(26-42(50)52)68-34(6)60/h29-30,35-46,49-50H,11-28H2,1-10H3,(H,61,62)(H,63,64)/t29-,30-,35-,36-,37-,38-,39+,40+,41+,42+,43-,44-,45+,46+,49+,50+,51+,52+,53-,54-,55?,56?/m1/s1. The monoisotopic (exact) mass is 1010 g/mol. The van der Waals surface area contributed by atoms with Crippen molar-refractivity contribution < 1.29 is 77.5 Å². The highest BCUT2D eigenvalue weighted by Crippen LogP contribution is 2.73. The molecule has 8 aliphatic carbocycles. The zero-order valence-electron chi connectivity index (χ0n) is 44.6. The van der Waals surface area contributed by atoms with E-state index in [1.807, 2.05) is 0 Å². The van der Waals surface area contributed by atoms with Gasteiger partial charge in [-0.1, -0.05) is 41.5 Å². The Morgan fingerprint density at radius 3 is 1.17 bits per heavy atom. The molecule has 0 aromatic heterocycles. The Hall–Kier alpha value is -3.34. The number of hydrogen-bond donors (Lipinski definition) is 2. The predicted octanol–water partition coefficient (Wildman–Crippen LogP) is 9.78. The highest BCUT2D eigenvalue weighted by molar-refractivity contribution is 5.68. The summed E-state index contributed by atoms with van der Waals surface area (Å²) in [5.74, 6) is -4.67. The Balaban J connectivity index is 0.934. The van der Waals surface area contributed by atoms with Crippen molar-refractivity contribution in [3.05, 3.63) is 0 Å². The fourth-order valence-electron chi connectivity index (χ4n) is 19.3. The van der Waals surface area contributed by atoms with Gasteiger partial charge in [-0.25, -0.2) is 0 Å². The van der Waals surface area contributed by atoms with E-state index in [9.17, 15) is 39.0 Å². The number of carbonyl (C=O) groups excluding carboxylic acids is 4.